The topological polar surface area (TPSA) is 69.6 Å². The second kappa shape index (κ2) is 7.09. The summed E-state index contributed by atoms with van der Waals surface area (Å²) >= 11 is 0. The SMILES string of the molecule is Cc1cc(CN[C@@H](Cc2ccccc2)C(=O)O)cc(C)c1O. The third-order valence-electron chi connectivity index (χ3n) is 3.68. The number of carboxylic acids is 1. The van der Waals surface area contributed by atoms with Gasteiger partial charge in [0.15, 0.2) is 0 Å². The molecule has 1 atom stereocenters. The number of nitrogens with one attached hydrogen (secondary N) is 1. The van der Waals surface area contributed by atoms with Gasteiger partial charge in [-0.25, -0.2) is 0 Å². The Hall–Kier alpha value is -2.33. The summed E-state index contributed by atoms with van der Waals surface area (Å²) in [5.41, 5.74) is 3.55. The summed E-state index contributed by atoms with van der Waals surface area (Å²) in [6.07, 6.45) is 0.437. The molecule has 4 heteroatoms. The Kier molecular flexibility index (Phi) is 5.17. The maximum absolute atomic E-state index is 11.4. The van der Waals surface area contributed by atoms with Crippen LogP contribution in [0.25, 0.3) is 0 Å². The second-order valence-electron chi connectivity index (χ2n) is 5.54. The van der Waals surface area contributed by atoms with Crippen LogP contribution in [0.1, 0.15) is 22.3 Å². The van der Waals surface area contributed by atoms with Crippen molar-refractivity contribution in [3.8, 4) is 5.75 Å². The van der Waals surface area contributed by atoms with Gasteiger partial charge >= 0.3 is 5.97 Å². The molecule has 0 aliphatic rings. The van der Waals surface area contributed by atoms with E-state index in [2.05, 4.69) is 5.32 Å². The lowest BCUT2D eigenvalue weighted by atomic mass is 10.0. The van der Waals surface area contributed by atoms with Gasteiger partial charge in [0.2, 0.25) is 0 Å². The average Bonchev–Trinajstić information content (AvgIpc) is 2.49. The smallest absolute Gasteiger partial charge is 0.321 e. The predicted octanol–water partition coefficient (Wildman–Crippen LogP) is 2.79. The molecule has 116 valence electrons. The molecule has 0 heterocycles. The lowest BCUT2D eigenvalue weighted by Gasteiger charge is -2.15. The molecule has 2 aromatic carbocycles. The molecule has 0 amide bonds. The van der Waals surface area contributed by atoms with Gasteiger partial charge in [0, 0.05) is 6.54 Å². The number of hydrogen-bond acceptors (Lipinski definition) is 3. The largest absolute Gasteiger partial charge is 0.507 e. The van der Waals surface area contributed by atoms with E-state index in [9.17, 15) is 15.0 Å². The molecule has 0 spiro atoms. The monoisotopic (exact) mass is 299 g/mol. The molecule has 0 fully saturated rings. The van der Waals surface area contributed by atoms with Crippen LogP contribution in [0.3, 0.4) is 0 Å². The van der Waals surface area contributed by atoms with Crippen LogP contribution in [0, 0.1) is 13.8 Å². The first-order valence-electron chi connectivity index (χ1n) is 7.26. The molecule has 0 saturated carbocycles. The normalized spacial score (nSPS) is 12.1. The number of phenols is 1. The highest BCUT2D eigenvalue weighted by molar-refractivity contribution is 5.73. The molecule has 2 rings (SSSR count). The van der Waals surface area contributed by atoms with Gasteiger partial charge in [0.1, 0.15) is 11.8 Å². The number of phenolic OH excluding ortho intramolecular Hbond substituents is 1. The first-order valence-corrected chi connectivity index (χ1v) is 7.26. The Balaban J connectivity index is 2.05. The highest BCUT2D eigenvalue weighted by Crippen LogP contribution is 2.22. The van der Waals surface area contributed by atoms with Crippen LogP contribution in [0.2, 0.25) is 0 Å². The third kappa shape index (κ3) is 4.09. The van der Waals surface area contributed by atoms with Gasteiger partial charge < -0.3 is 15.5 Å². The molecule has 2 aromatic rings. The summed E-state index contributed by atoms with van der Waals surface area (Å²) in [7, 11) is 0. The Morgan fingerprint density at radius 1 is 1.09 bits per heavy atom. The van der Waals surface area contributed by atoms with Crippen molar-refractivity contribution < 1.29 is 15.0 Å². The number of aryl methyl sites for hydroxylation is 2. The van der Waals surface area contributed by atoms with Crippen molar-refractivity contribution in [2.45, 2.75) is 32.9 Å². The van der Waals surface area contributed by atoms with Crippen LogP contribution in [0.4, 0.5) is 0 Å². The van der Waals surface area contributed by atoms with Gasteiger partial charge in [-0.3, -0.25) is 4.79 Å². The van der Waals surface area contributed by atoms with E-state index in [4.69, 9.17) is 0 Å². The first-order chi connectivity index (χ1) is 10.5. The number of carbonyl (C=O) groups is 1. The van der Waals surface area contributed by atoms with Crippen molar-refractivity contribution in [3.63, 3.8) is 0 Å². The van der Waals surface area contributed by atoms with E-state index in [0.717, 1.165) is 22.3 Å². The Labute approximate surface area is 130 Å². The van der Waals surface area contributed by atoms with E-state index in [1.54, 1.807) is 0 Å². The van der Waals surface area contributed by atoms with Crippen molar-refractivity contribution in [3.05, 3.63) is 64.7 Å². The van der Waals surface area contributed by atoms with E-state index in [1.165, 1.54) is 0 Å². The van der Waals surface area contributed by atoms with Gasteiger partial charge in [-0.15, -0.1) is 0 Å². The molecule has 0 aliphatic carbocycles. The van der Waals surface area contributed by atoms with E-state index < -0.39 is 12.0 Å². The molecule has 0 aliphatic heterocycles. The highest BCUT2D eigenvalue weighted by atomic mass is 16.4. The maximum Gasteiger partial charge on any atom is 0.321 e. The highest BCUT2D eigenvalue weighted by Gasteiger charge is 2.17. The number of aromatic hydroxyl groups is 1. The van der Waals surface area contributed by atoms with E-state index >= 15 is 0 Å². The van der Waals surface area contributed by atoms with Crippen LogP contribution >= 0.6 is 0 Å². The zero-order valence-electron chi connectivity index (χ0n) is 12.8. The zero-order chi connectivity index (χ0) is 16.1. The van der Waals surface area contributed by atoms with Crippen LogP contribution in [-0.2, 0) is 17.8 Å². The van der Waals surface area contributed by atoms with E-state index in [-0.39, 0.29) is 0 Å². The second-order valence-corrected chi connectivity index (χ2v) is 5.54. The molecule has 22 heavy (non-hydrogen) atoms. The number of carboxylic acid groups (broad SMARTS) is 1. The first kappa shape index (κ1) is 16.0. The van der Waals surface area contributed by atoms with E-state index in [1.807, 2.05) is 56.3 Å². The minimum atomic E-state index is -0.865. The number of aliphatic carboxylic acids is 1. The van der Waals surface area contributed by atoms with Crippen molar-refractivity contribution >= 4 is 5.97 Å². The summed E-state index contributed by atoms with van der Waals surface area (Å²) in [5, 5.41) is 22.2. The summed E-state index contributed by atoms with van der Waals surface area (Å²) in [4.78, 5) is 11.4. The molecule has 4 nitrogen and oxygen atoms in total. The van der Waals surface area contributed by atoms with Crippen LogP contribution in [0.15, 0.2) is 42.5 Å². The minimum absolute atomic E-state index is 0.294. The van der Waals surface area contributed by atoms with Gasteiger partial charge in [0.25, 0.3) is 0 Å². The summed E-state index contributed by atoms with van der Waals surface area (Å²) in [6.45, 7) is 4.13. The number of benzene rings is 2. The standard InChI is InChI=1S/C18H21NO3/c1-12-8-15(9-13(2)17(12)20)11-19-16(18(21)22)10-14-6-4-3-5-7-14/h3-9,16,19-20H,10-11H2,1-2H3,(H,21,22)/t16-/m0/s1. The van der Waals surface area contributed by atoms with Crippen molar-refractivity contribution in [2.75, 3.05) is 0 Å². The molecular formula is C18H21NO3. The number of hydrogen-bond donors (Lipinski definition) is 3. The van der Waals surface area contributed by atoms with Crippen molar-refractivity contribution in [2.24, 2.45) is 0 Å². The molecular weight excluding hydrogens is 278 g/mol. The van der Waals surface area contributed by atoms with Crippen LogP contribution in [-0.4, -0.2) is 22.2 Å². The Morgan fingerprint density at radius 2 is 1.68 bits per heavy atom. The average molecular weight is 299 g/mol. The van der Waals surface area contributed by atoms with Gasteiger partial charge in [-0.05, 0) is 42.5 Å². The molecule has 0 aromatic heterocycles. The fourth-order valence-corrected chi connectivity index (χ4v) is 2.49. The Morgan fingerprint density at radius 3 is 2.23 bits per heavy atom. The van der Waals surface area contributed by atoms with Gasteiger partial charge in [-0.1, -0.05) is 42.5 Å². The maximum atomic E-state index is 11.4. The molecule has 0 saturated heterocycles. The third-order valence-corrected chi connectivity index (χ3v) is 3.68. The van der Waals surface area contributed by atoms with E-state index in [0.29, 0.717) is 18.7 Å². The molecule has 0 radical (unpaired) electrons. The Bertz CT molecular complexity index is 630. The molecule has 0 unspecified atom stereocenters. The van der Waals surface area contributed by atoms with Gasteiger partial charge in [0.05, 0.1) is 0 Å². The van der Waals surface area contributed by atoms with Crippen molar-refractivity contribution in [1.29, 1.82) is 0 Å². The summed E-state index contributed by atoms with van der Waals surface area (Å²) < 4.78 is 0. The zero-order valence-corrected chi connectivity index (χ0v) is 12.8. The molecule has 0 bridgehead atoms. The number of rotatable bonds is 6. The fourth-order valence-electron chi connectivity index (χ4n) is 2.49. The predicted molar refractivity (Wildman–Crippen MR) is 86.0 cm³/mol. The van der Waals surface area contributed by atoms with Crippen LogP contribution < -0.4 is 5.32 Å². The van der Waals surface area contributed by atoms with Gasteiger partial charge in [-0.2, -0.15) is 0 Å². The summed E-state index contributed by atoms with van der Waals surface area (Å²) in [6, 6.07) is 12.7. The van der Waals surface area contributed by atoms with Crippen LogP contribution in [0.5, 0.6) is 5.75 Å². The lowest BCUT2D eigenvalue weighted by molar-refractivity contribution is -0.139. The van der Waals surface area contributed by atoms with Crippen molar-refractivity contribution in [1.82, 2.24) is 5.32 Å². The minimum Gasteiger partial charge on any atom is -0.507 e. The molecule has 3 N–H and O–H groups in total. The summed E-state index contributed by atoms with van der Waals surface area (Å²) in [5.74, 6) is -0.570. The lowest BCUT2D eigenvalue weighted by Crippen LogP contribution is -2.38. The fraction of sp³-hybridized carbons (Fsp3) is 0.278. The quantitative estimate of drug-likeness (QED) is 0.767.